The molecule has 3 amide bonds. The molecule has 4 rings (SSSR count). The molecule has 1 aromatic heterocycles. The number of urea groups is 1. The van der Waals surface area contributed by atoms with Crippen LogP contribution < -0.4 is 5.32 Å². The van der Waals surface area contributed by atoms with Crippen LogP contribution in [0.25, 0.3) is 0 Å². The lowest BCUT2D eigenvalue weighted by Crippen LogP contribution is -2.37. The fraction of sp³-hybridized carbons (Fsp3) is 0.444. The summed E-state index contributed by atoms with van der Waals surface area (Å²) in [6, 6.07) is 5.72. The molecule has 0 saturated carbocycles. The van der Waals surface area contributed by atoms with Crippen molar-refractivity contribution < 1.29 is 14.0 Å². The van der Waals surface area contributed by atoms with E-state index in [0.717, 1.165) is 5.82 Å². The van der Waals surface area contributed by atoms with Crippen molar-refractivity contribution in [1.29, 1.82) is 0 Å². The minimum absolute atomic E-state index is 0.00392. The van der Waals surface area contributed by atoms with Gasteiger partial charge in [-0.25, -0.2) is 9.18 Å². The summed E-state index contributed by atoms with van der Waals surface area (Å²) in [5.41, 5.74) is 0.370. The summed E-state index contributed by atoms with van der Waals surface area (Å²) in [6.07, 6.45) is 0.683. The van der Waals surface area contributed by atoms with Crippen molar-refractivity contribution in [3.8, 4) is 0 Å². The van der Waals surface area contributed by atoms with Gasteiger partial charge in [0.2, 0.25) is 5.82 Å². The van der Waals surface area contributed by atoms with Crippen LogP contribution in [0.3, 0.4) is 0 Å². The lowest BCUT2D eigenvalue weighted by Gasteiger charge is -2.25. The van der Waals surface area contributed by atoms with Gasteiger partial charge in [-0.2, -0.15) is 0 Å². The Bertz CT molecular complexity index is 896. The highest BCUT2D eigenvalue weighted by Gasteiger charge is 2.41. The second-order valence-electron chi connectivity index (χ2n) is 7.32. The molecule has 27 heavy (non-hydrogen) atoms. The lowest BCUT2D eigenvalue weighted by molar-refractivity contribution is 0.100. The van der Waals surface area contributed by atoms with Crippen molar-refractivity contribution >= 4 is 17.6 Å². The highest BCUT2D eigenvalue weighted by molar-refractivity contribution is 6.01. The number of halogens is 1. The minimum Gasteiger partial charge on any atom is -0.331 e. The van der Waals surface area contributed by atoms with Crippen molar-refractivity contribution in [3.63, 3.8) is 0 Å². The van der Waals surface area contributed by atoms with Gasteiger partial charge in [0.1, 0.15) is 11.6 Å². The molecule has 9 heteroatoms. The van der Waals surface area contributed by atoms with Crippen molar-refractivity contribution in [2.45, 2.75) is 13.0 Å². The van der Waals surface area contributed by atoms with E-state index < -0.39 is 11.7 Å². The normalized spacial score (nSPS) is 20.8. The highest BCUT2D eigenvalue weighted by Crippen LogP contribution is 2.33. The molecule has 0 spiro atoms. The molecule has 2 aliphatic heterocycles. The number of hydrogen-bond donors (Lipinski definition) is 1. The van der Waals surface area contributed by atoms with Crippen molar-refractivity contribution in [1.82, 2.24) is 24.6 Å². The number of likely N-dealkylation sites (tertiary alicyclic amines) is 1. The summed E-state index contributed by atoms with van der Waals surface area (Å²) < 4.78 is 15.1. The van der Waals surface area contributed by atoms with Gasteiger partial charge in [0.25, 0.3) is 5.91 Å². The van der Waals surface area contributed by atoms with Crippen LogP contribution in [-0.2, 0) is 13.0 Å². The fourth-order valence-electron chi connectivity index (χ4n) is 3.88. The predicted octanol–water partition coefficient (Wildman–Crippen LogP) is 1.46. The number of aromatic nitrogens is 3. The van der Waals surface area contributed by atoms with Crippen LogP contribution >= 0.6 is 0 Å². The maximum absolute atomic E-state index is 13.3. The van der Waals surface area contributed by atoms with E-state index in [9.17, 15) is 14.0 Å². The third kappa shape index (κ3) is 3.24. The van der Waals surface area contributed by atoms with Crippen LogP contribution in [0.2, 0.25) is 0 Å². The van der Waals surface area contributed by atoms with Crippen molar-refractivity contribution in [3.05, 3.63) is 41.7 Å². The van der Waals surface area contributed by atoms with Crippen LogP contribution in [0.1, 0.15) is 16.4 Å². The Morgan fingerprint density at radius 1 is 1.19 bits per heavy atom. The van der Waals surface area contributed by atoms with E-state index in [1.165, 1.54) is 18.2 Å². The fourth-order valence-corrected chi connectivity index (χ4v) is 3.88. The van der Waals surface area contributed by atoms with Crippen molar-refractivity contribution in [2.24, 2.45) is 11.8 Å². The standard InChI is InChI=1S/C18H21FN6O2/c1-23(2)18(27)24-8-11-6-15-21-22-16(25(15)10-12(11)9-24)17(26)20-14-5-3-4-13(19)7-14/h3-5,7,11-12H,6,8-10H2,1-2H3,(H,20,26)/t11-,12+/m0/s1. The zero-order chi connectivity index (χ0) is 19.1. The average Bonchev–Trinajstić information content (AvgIpc) is 3.21. The van der Waals surface area contributed by atoms with Gasteiger partial charge in [-0.05, 0) is 30.0 Å². The first kappa shape index (κ1) is 17.4. The van der Waals surface area contributed by atoms with Gasteiger partial charge in [0, 0.05) is 45.8 Å². The summed E-state index contributed by atoms with van der Waals surface area (Å²) in [5.74, 6) is 0.709. The predicted molar refractivity (Wildman–Crippen MR) is 95.7 cm³/mol. The van der Waals surface area contributed by atoms with Gasteiger partial charge in [-0.1, -0.05) is 6.07 Å². The highest BCUT2D eigenvalue weighted by atomic mass is 19.1. The van der Waals surface area contributed by atoms with Crippen molar-refractivity contribution in [2.75, 3.05) is 32.5 Å². The molecule has 1 fully saturated rings. The van der Waals surface area contributed by atoms with Gasteiger partial charge in [-0.15, -0.1) is 10.2 Å². The molecule has 2 atom stereocenters. The summed E-state index contributed by atoms with van der Waals surface area (Å²) >= 11 is 0. The van der Waals surface area contributed by atoms with Crippen LogP contribution in [0.5, 0.6) is 0 Å². The molecular weight excluding hydrogens is 351 g/mol. The number of nitrogens with zero attached hydrogens (tertiary/aromatic N) is 5. The summed E-state index contributed by atoms with van der Waals surface area (Å²) in [4.78, 5) is 28.2. The average molecular weight is 372 g/mol. The van der Waals surface area contributed by atoms with E-state index in [4.69, 9.17) is 0 Å². The topological polar surface area (TPSA) is 83.4 Å². The number of benzene rings is 1. The van der Waals surface area contributed by atoms with E-state index in [-0.39, 0.29) is 17.8 Å². The second kappa shape index (κ2) is 6.64. The largest absolute Gasteiger partial charge is 0.331 e. The quantitative estimate of drug-likeness (QED) is 0.865. The van der Waals surface area contributed by atoms with Gasteiger partial charge in [0.05, 0.1) is 0 Å². The maximum Gasteiger partial charge on any atom is 0.319 e. The second-order valence-corrected chi connectivity index (χ2v) is 7.32. The third-order valence-corrected chi connectivity index (χ3v) is 5.20. The molecule has 8 nitrogen and oxygen atoms in total. The van der Waals surface area contributed by atoms with E-state index in [1.54, 1.807) is 25.1 Å². The molecule has 1 aromatic carbocycles. The smallest absolute Gasteiger partial charge is 0.319 e. The third-order valence-electron chi connectivity index (χ3n) is 5.20. The molecule has 2 aliphatic rings. The number of hydrogen-bond acceptors (Lipinski definition) is 4. The number of anilines is 1. The molecule has 1 N–H and O–H groups in total. The van der Waals surface area contributed by atoms with Gasteiger partial charge < -0.3 is 19.7 Å². The molecule has 1 saturated heterocycles. The molecule has 0 radical (unpaired) electrons. The summed E-state index contributed by atoms with van der Waals surface area (Å²) in [6.45, 7) is 1.94. The van der Waals surface area contributed by atoms with E-state index in [0.29, 0.717) is 37.7 Å². The first-order valence-electron chi connectivity index (χ1n) is 8.87. The molecule has 0 aliphatic carbocycles. The first-order valence-corrected chi connectivity index (χ1v) is 8.87. The number of carbonyl (C=O) groups excluding carboxylic acids is 2. The number of rotatable bonds is 2. The van der Waals surface area contributed by atoms with Crippen LogP contribution in [0, 0.1) is 17.7 Å². The Labute approximate surface area is 156 Å². The molecular formula is C18H21FN6O2. The Kier molecular flexibility index (Phi) is 4.29. The monoisotopic (exact) mass is 372 g/mol. The minimum atomic E-state index is -0.421. The Morgan fingerprint density at radius 2 is 1.96 bits per heavy atom. The molecule has 142 valence electrons. The number of carbonyl (C=O) groups is 2. The first-order chi connectivity index (χ1) is 12.9. The van der Waals surface area contributed by atoms with E-state index in [2.05, 4.69) is 15.5 Å². The SMILES string of the molecule is CN(C)C(=O)N1C[C@@H]2Cn3c(nnc3C(=O)Nc3cccc(F)c3)C[C@H]2C1. The zero-order valence-electron chi connectivity index (χ0n) is 15.2. The Hall–Kier alpha value is -2.97. The number of amides is 3. The Balaban J connectivity index is 1.50. The summed E-state index contributed by atoms with van der Waals surface area (Å²) in [7, 11) is 3.49. The van der Waals surface area contributed by atoms with Crippen LogP contribution in [-0.4, -0.2) is 63.7 Å². The van der Waals surface area contributed by atoms with Gasteiger partial charge in [0.15, 0.2) is 0 Å². The number of fused-ring (bicyclic) bond motifs is 2. The van der Waals surface area contributed by atoms with Crippen LogP contribution in [0.15, 0.2) is 24.3 Å². The van der Waals surface area contributed by atoms with Crippen LogP contribution in [0.4, 0.5) is 14.9 Å². The maximum atomic E-state index is 13.3. The molecule has 0 unspecified atom stereocenters. The Morgan fingerprint density at radius 3 is 2.70 bits per heavy atom. The lowest BCUT2D eigenvalue weighted by atomic mass is 9.89. The summed E-state index contributed by atoms with van der Waals surface area (Å²) in [5, 5.41) is 10.9. The molecule has 3 heterocycles. The van der Waals surface area contributed by atoms with E-state index in [1.807, 2.05) is 9.47 Å². The molecule has 0 bridgehead atoms. The molecule has 2 aromatic rings. The number of nitrogens with one attached hydrogen (secondary N) is 1. The van der Waals surface area contributed by atoms with E-state index >= 15 is 0 Å². The van der Waals surface area contributed by atoms with Gasteiger partial charge >= 0.3 is 6.03 Å². The van der Waals surface area contributed by atoms with Gasteiger partial charge in [-0.3, -0.25) is 4.79 Å². The zero-order valence-corrected chi connectivity index (χ0v) is 15.2.